The van der Waals surface area contributed by atoms with Gasteiger partial charge >= 0.3 is 5.97 Å². The van der Waals surface area contributed by atoms with Gasteiger partial charge < -0.3 is 19.7 Å². The Labute approximate surface area is 130 Å². The number of benzene rings is 2. The number of phenolic OH excluding ortho intramolecular Hbond substituents is 2. The molecule has 0 spiro atoms. The molecule has 7 heteroatoms. The highest BCUT2D eigenvalue weighted by molar-refractivity contribution is 6.01. The summed E-state index contributed by atoms with van der Waals surface area (Å²) >= 11 is 0. The van der Waals surface area contributed by atoms with Crippen LogP contribution in [0.5, 0.6) is 17.2 Å². The Balaban J connectivity index is 2.10. The summed E-state index contributed by atoms with van der Waals surface area (Å²) in [5.74, 6) is -2.79. The zero-order valence-electron chi connectivity index (χ0n) is 12.1. The Morgan fingerprint density at radius 3 is 2.48 bits per heavy atom. The molecular formula is C16H13FO6. The summed E-state index contributed by atoms with van der Waals surface area (Å²) in [5.41, 5.74) is -0.267. The molecule has 0 saturated carbocycles. The van der Waals surface area contributed by atoms with Crippen molar-refractivity contribution >= 4 is 11.8 Å². The van der Waals surface area contributed by atoms with E-state index in [0.717, 1.165) is 24.3 Å². The number of hydrogen-bond donors (Lipinski definition) is 2. The zero-order valence-corrected chi connectivity index (χ0v) is 12.1. The van der Waals surface area contributed by atoms with E-state index in [1.807, 2.05) is 0 Å². The molecule has 23 heavy (non-hydrogen) atoms. The van der Waals surface area contributed by atoms with E-state index in [1.54, 1.807) is 0 Å². The second-order valence-electron chi connectivity index (χ2n) is 4.55. The first-order chi connectivity index (χ1) is 10.9. The van der Waals surface area contributed by atoms with Crippen LogP contribution in [0.4, 0.5) is 4.39 Å². The van der Waals surface area contributed by atoms with Gasteiger partial charge in [-0.3, -0.25) is 4.79 Å². The minimum Gasteiger partial charge on any atom is -0.508 e. The number of rotatable bonds is 5. The van der Waals surface area contributed by atoms with Crippen LogP contribution in [0.25, 0.3) is 0 Å². The van der Waals surface area contributed by atoms with E-state index in [1.165, 1.54) is 19.2 Å². The number of carbonyl (C=O) groups excluding carboxylic acids is 2. The molecule has 0 amide bonds. The first-order valence-corrected chi connectivity index (χ1v) is 6.48. The van der Waals surface area contributed by atoms with E-state index in [0.29, 0.717) is 0 Å². The summed E-state index contributed by atoms with van der Waals surface area (Å²) in [4.78, 5) is 23.8. The van der Waals surface area contributed by atoms with Gasteiger partial charge in [0.1, 0.15) is 28.6 Å². The molecule has 2 N–H and O–H groups in total. The SMILES string of the molecule is COc1ccc(F)cc1C(=O)COC(=O)c1ccc(O)cc1O. The van der Waals surface area contributed by atoms with Crippen molar-refractivity contribution in [2.24, 2.45) is 0 Å². The second-order valence-corrected chi connectivity index (χ2v) is 4.55. The fourth-order valence-corrected chi connectivity index (χ4v) is 1.88. The van der Waals surface area contributed by atoms with E-state index >= 15 is 0 Å². The lowest BCUT2D eigenvalue weighted by Gasteiger charge is -2.09. The number of aromatic hydroxyl groups is 2. The average molecular weight is 320 g/mol. The Hall–Kier alpha value is -3.09. The fraction of sp³-hybridized carbons (Fsp3) is 0.125. The van der Waals surface area contributed by atoms with Crippen molar-refractivity contribution in [2.75, 3.05) is 13.7 Å². The predicted octanol–water partition coefficient (Wildman–Crippen LogP) is 2.29. The predicted molar refractivity (Wildman–Crippen MR) is 77.3 cm³/mol. The largest absolute Gasteiger partial charge is 0.508 e. The van der Waals surface area contributed by atoms with Crippen molar-refractivity contribution in [3.05, 3.63) is 53.3 Å². The number of halogens is 1. The first-order valence-electron chi connectivity index (χ1n) is 6.48. The third-order valence-corrected chi connectivity index (χ3v) is 3.00. The number of ether oxygens (including phenoxy) is 2. The lowest BCUT2D eigenvalue weighted by Crippen LogP contribution is -2.15. The lowest BCUT2D eigenvalue weighted by atomic mass is 10.1. The molecule has 0 unspecified atom stereocenters. The highest BCUT2D eigenvalue weighted by Gasteiger charge is 2.18. The fourth-order valence-electron chi connectivity index (χ4n) is 1.88. The van der Waals surface area contributed by atoms with Crippen molar-refractivity contribution in [3.8, 4) is 17.2 Å². The van der Waals surface area contributed by atoms with Gasteiger partial charge in [0.15, 0.2) is 6.61 Å². The van der Waals surface area contributed by atoms with Crippen molar-refractivity contribution in [2.45, 2.75) is 0 Å². The van der Waals surface area contributed by atoms with Gasteiger partial charge in [-0.1, -0.05) is 0 Å². The van der Waals surface area contributed by atoms with Crippen molar-refractivity contribution in [3.63, 3.8) is 0 Å². The van der Waals surface area contributed by atoms with Gasteiger partial charge in [0.25, 0.3) is 0 Å². The standard InChI is InChI=1S/C16H13FO6/c1-22-15-5-2-9(17)6-12(15)14(20)8-23-16(21)11-4-3-10(18)7-13(11)19/h2-7,18-19H,8H2,1H3. The molecule has 0 aliphatic heterocycles. The second kappa shape index (κ2) is 6.78. The minimum atomic E-state index is -0.953. The molecule has 0 heterocycles. The molecule has 0 saturated heterocycles. The summed E-state index contributed by atoms with van der Waals surface area (Å²) < 4.78 is 23.0. The number of phenols is 2. The topological polar surface area (TPSA) is 93.1 Å². The number of ketones is 1. The number of methoxy groups -OCH3 is 1. The highest BCUT2D eigenvalue weighted by Crippen LogP contribution is 2.24. The van der Waals surface area contributed by atoms with Gasteiger partial charge in [-0.25, -0.2) is 9.18 Å². The van der Waals surface area contributed by atoms with Crippen LogP contribution >= 0.6 is 0 Å². The van der Waals surface area contributed by atoms with E-state index in [2.05, 4.69) is 0 Å². The quantitative estimate of drug-likeness (QED) is 0.648. The van der Waals surface area contributed by atoms with Gasteiger partial charge in [-0.2, -0.15) is 0 Å². The van der Waals surface area contributed by atoms with Gasteiger partial charge in [0.2, 0.25) is 5.78 Å². The first kappa shape index (κ1) is 16.3. The maximum Gasteiger partial charge on any atom is 0.342 e. The van der Waals surface area contributed by atoms with Crippen molar-refractivity contribution in [1.29, 1.82) is 0 Å². The number of hydrogen-bond acceptors (Lipinski definition) is 6. The van der Waals surface area contributed by atoms with Crippen LogP contribution in [0.1, 0.15) is 20.7 Å². The summed E-state index contributed by atoms with van der Waals surface area (Å²) in [6.45, 7) is -0.654. The minimum absolute atomic E-state index is 0.0600. The molecule has 2 aromatic rings. The molecular weight excluding hydrogens is 307 g/mol. The molecule has 0 aliphatic rings. The Morgan fingerprint density at radius 2 is 1.83 bits per heavy atom. The lowest BCUT2D eigenvalue weighted by molar-refractivity contribution is 0.0471. The summed E-state index contributed by atoms with van der Waals surface area (Å²) in [7, 11) is 1.32. The van der Waals surface area contributed by atoms with Crippen molar-refractivity contribution < 1.29 is 33.7 Å². The maximum atomic E-state index is 13.2. The molecule has 0 aromatic heterocycles. The average Bonchev–Trinajstić information content (AvgIpc) is 2.52. The Morgan fingerprint density at radius 1 is 1.09 bits per heavy atom. The van der Waals surface area contributed by atoms with Crippen LogP contribution in [-0.4, -0.2) is 35.7 Å². The summed E-state index contributed by atoms with van der Waals surface area (Å²) in [5, 5.41) is 18.7. The van der Waals surface area contributed by atoms with Crippen LogP contribution in [0.3, 0.4) is 0 Å². The molecule has 2 aromatic carbocycles. The zero-order chi connectivity index (χ0) is 17.0. The van der Waals surface area contributed by atoms with Crippen LogP contribution in [0.2, 0.25) is 0 Å². The third kappa shape index (κ3) is 3.76. The highest BCUT2D eigenvalue weighted by atomic mass is 19.1. The normalized spacial score (nSPS) is 10.2. The molecule has 120 valence electrons. The smallest absolute Gasteiger partial charge is 0.342 e. The number of Topliss-reactive ketones (excluding diaryl/α,β-unsaturated/α-hetero) is 1. The van der Waals surface area contributed by atoms with E-state index in [-0.39, 0.29) is 22.6 Å². The van der Waals surface area contributed by atoms with Gasteiger partial charge in [-0.05, 0) is 30.3 Å². The monoisotopic (exact) mass is 320 g/mol. The molecule has 0 atom stereocenters. The Kier molecular flexibility index (Phi) is 4.80. The molecule has 2 rings (SSSR count). The van der Waals surface area contributed by atoms with Gasteiger partial charge in [-0.15, -0.1) is 0 Å². The molecule has 0 fully saturated rings. The molecule has 0 bridgehead atoms. The molecule has 0 radical (unpaired) electrons. The number of esters is 1. The maximum absolute atomic E-state index is 13.2. The van der Waals surface area contributed by atoms with E-state index in [9.17, 15) is 19.1 Å². The summed E-state index contributed by atoms with van der Waals surface area (Å²) in [6, 6.07) is 6.71. The van der Waals surface area contributed by atoms with Crippen LogP contribution in [-0.2, 0) is 4.74 Å². The van der Waals surface area contributed by atoms with Gasteiger partial charge in [0.05, 0.1) is 12.7 Å². The van der Waals surface area contributed by atoms with Crippen molar-refractivity contribution in [1.82, 2.24) is 0 Å². The molecule has 0 aliphatic carbocycles. The van der Waals surface area contributed by atoms with E-state index < -0.39 is 29.9 Å². The van der Waals surface area contributed by atoms with Crippen LogP contribution in [0.15, 0.2) is 36.4 Å². The Bertz CT molecular complexity index is 756. The van der Waals surface area contributed by atoms with Crippen LogP contribution in [0, 0.1) is 5.82 Å². The van der Waals surface area contributed by atoms with Gasteiger partial charge in [0, 0.05) is 6.07 Å². The number of carbonyl (C=O) groups is 2. The third-order valence-electron chi connectivity index (χ3n) is 3.00. The molecule has 6 nitrogen and oxygen atoms in total. The van der Waals surface area contributed by atoms with Crippen LogP contribution < -0.4 is 4.74 Å². The summed E-state index contributed by atoms with van der Waals surface area (Å²) in [6.07, 6.45) is 0. The van der Waals surface area contributed by atoms with E-state index in [4.69, 9.17) is 14.6 Å².